The number of benzene rings is 2. The van der Waals surface area contributed by atoms with Crippen LogP contribution in [0.3, 0.4) is 0 Å². The quantitative estimate of drug-likeness (QED) is 0.515. The molecule has 2 aromatic carbocycles. The average Bonchev–Trinajstić information content (AvgIpc) is 2.78. The Morgan fingerprint density at radius 2 is 1.95 bits per heavy atom. The van der Waals surface area contributed by atoms with Crippen LogP contribution in [-0.2, 0) is 0 Å². The number of nitrogens with one attached hydrogen (secondary N) is 1. The fraction of sp³-hybridized carbons (Fsp3) is 0. The molecule has 6 heteroatoms. The molecule has 0 unspecified atom stereocenters. The number of hydrogen-bond donors (Lipinski definition) is 1. The van der Waals surface area contributed by atoms with Crippen molar-refractivity contribution in [2.45, 2.75) is 0 Å². The average molecular weight is 349 g/mol. The number of fused-ring (bicyclic) bond motifs is 1. The third-order valence-corrected chi connectivity index (χ3v) is 4.45. The van der Waals surface area contributed by atoms with Crippen LogP contribution in [0, 0.1) is 10.1 Å². The van der Waals surface area contributed by atoms with Crippen molar-refractivity contribution >= 4 is 53.7 Å². The van der Waals surface area contributed by atoms with Gasteiger partial charge in [0.05, 0.1) is 4.92 Å². The summed E-state index contributed by atoms with van der Waals surface area (Å²) < 4.78 is 1.82. The van der Waals surface area contributed by atoms with E-state index in [2.05, 4.69) is 21.2 Å². The van der Waals surface area contributed by atoms with Gasteiger partial charge in [-0.05, 0) is 24.3 Å². The summed E-state index contributed by atoms with van der Waals surface area (Å²) >= 11 is 4.57. The van der Waals surface area contributed by atoms with Crippen LogP contribution in [0.5, 0.6) is 0 Å². The van der Waals surface area contributed by atoms with Gasteiger partial charge in [-0.2, -0.15) is 0 Å². The Kier molecular flexibility index (Phi) is 3.42. The predicted octanol–water partition coefficient (Wildman–Crippen LogP) is 5.32. The molecule has 100 valence electrons. The molecule has 0 saturated carbocycles. The molecule has 0 spiro atoms. The van der Waals surface area contributed by atoms with Crippen molar-refractivity contribution in [3.05, 3.63) is 63.1 Å². The first-order chi connectivity index (χ1) is 9.65. The molecule has 0 atom stereocenters. The molecule has 0 radical (unpaired) electrons. The van der Waals surface area contributed by atoms with Crippen LogP contribution in [-0.4, -0.2) is 4.92 Å². The summed E-state index contributed by atoms with van der Waals surface area (Å²) in [5.41, 5.74) is 1.36. The molecule has 0 amide bonds. The highest BCUT2D eigenvalue weighted by atomic mass is 79.9. The molecule has 0 fully saturated rings. The first-order valence-electron chi connectivity index (χ1n) is 5.83. The minimum absolute atomic E-state index is 0.131. The normalized spacial score (nSPS) is 10.7. The van der Waals surface area contributed by atoms with Crippen molar-refractivity contribution in [1.29, 1.82) is 0 Å². The molecular formula is C14H9BrN2O2S. The maximum Gasteiger partial charge on any atom is 0.348 e. The first kappa shape index (κ1) is 13.1. The van der Waals surface area contributed by atoms with Gasteiger partial charge < -0.3 is 5.32 Å². The van der Waals surface area contributed by atoms with E-state index in [1.54, 1.807) is 0 Å². The maximum absolute atomic E-state index is 11.2. The van der Waals surface area contributed by atoms with Crippen molar-refractivity contribution in [1.82, 2.24) is 0 Å². The van der Waals surface area contributed by atoms with Crippen molar-refractivity contribution < 1.29 is 4.92 Å². The van der Waals surface area contributed by atoms with Gasteiger partial charge >= 0.3 is 5.00 Å². The Morgan fingerprint density at radius 1 is 1.15 bits per heavy atom. The number of nitro groups is 1. The lowest BCUT2D eigenvalue weighted by atomic mass is 10.2. The van der Waals surface area contributed by atoms with Gasteiger partial charge in [0.25, 0.3) is 0 Å². The van der Waals surface area contributed by atoms with E-state index in [9.17, 15) is 10.1 Å². The third-order valence-electron chi connectivity index (χ3n) is 2.84. The molecule has 20 heavy (non-hydrogen) atoms. The summed E-state index contributed by atoms with van der Waals surface area (Å²) in [6.45, 7) is 0. The second-order valence-electron chi connectivity index (χ2n) is 4.17. The maximum atomic E-state index is 11.2. The number of nitrogens with zero attached hydrogens (tertiary/aromatic N) is 1. The SMILES string of the molecule is O=[N+]([O-])c1sc2ccccc2c1Nc1cccc(Br)c1. The third kappa shape index (κ3) is 2.39. The predicted molar refractivity (Wildman–Crippen MR) is 85.9 cm³/mol. The van der Waals surface area contributed by atoms with E-state index < -0.39 is 0 Å². The van der Waals surface area contributed by atoms with Gasteiger partial charge in [0, 0.05) is 20.2 Å². The standard InChI is InChI=1S/C14H9BrN2O2S/c15-9-4-3-5-10(8-9)16-13-11-6-1-2-7-12(11)20-14(13)17(18)19/h1-8,16H. The summed E-state index contributed by atoms with van der Waals surface area (Å²) in [6, 6.07) is 15.1. The Hall–Kier alpha value is -1.92. The Morgan fingerprint density at radius 3 is 2.70 bits per heavy atom. The lowest BCUT2D eigenvalue weighted by Gasteiger charge is -2.05. The monoisotopic (exact) mass is 348 g/mol. The summed E-state index contributed by atoms with van der Waals surface area (Å²) in [5.74, 6) is 0. The first-order valence-corrected chi connectivity index (χ1v) is 7.44. The highest BCUT2D eigenvalue weighted by Gasteiger charge is 2.21. The Balaban J connectivity index is 2.14. The highest BCUT2D eigenvalue weighted by molar-refractivity contribution is 9.10. The van der Waals surface area contributed by atoms with Crippen LogP contribution in [0.4, 0.5) is 16.4 Å². The van der Waals surface area contributed by atoms with Crippen LogP contribution < -0.4 is 5.32 Å². The molecule has 3 rings (SSSR count). The Bertz CT molecular complexity index is 801. The molecule has 3 aromatic rings. The second kappa shape index (κ2) is 5.22. The minimum Gasteiger partial charge on any atom is -0.349 e. The van der Waals surface area contributed by atoms with Crippen molar-refractivity contribution in [2.75, 3.05) is 5.32 Å². The van der Waals surface area contributed by atoms with Gasteiger partial charge in [-0.3, -0.25) is 10.1 Å². The van der Waals surface area contributed by atoms with E-state index in [-0.39, 0.29) is 9.92 Å². The topological polar surface area (TPSA) is 55.2 Å². The van der Waals surface area contributed by atoms with Gasteiger partial charge in [-0.15, -0.1) is 0 Å². The zero-order chi connectivity index (χ0) is 14.1. The molecule has 0 saturated heterocycles. The van der Waals surface area contributed by atoms with Gasteiger partial charge in [0.2, 0.25) is 0 Å². The van der Waals surface area contributed by atoms with E-state index in [4.69, 9.17) is 0 Å². The van der Waals surface area contributed by atoms with Crippen molar-refractivity contribution in [3.8, 4) is 0 Å². The highest BCUT2D eigenvalue weighted by Crippen LogP contribution is 2.42. The summed E-state index contributed by atoms with van der Waals surface area (Å²) in [7, 11) is 0. The summed E-state index contributed by atoms with van der Waals surface area (Å²) in [4.78, 5) is 10.9. The number of halogens is 1. The van der Waals surface area contributed by atoms with E-state index in [0.717, 1.165) is 20.2 Å². The van der Waals surface area contributed by atoms with Crippen LogP contribution in [0.1, 0.15) is 0 Å². The van der Waals surface area contributed by atoms with Gasteiger partial charge in [-0.1, -0.05) is 51.5 Å². The summed E-state index contributed by atoms with van der Waals surface area (Å²) in [5, 5.41) is 15.4. The number of rotatable bonds is 3. The molecule has 1 N–H and O–H groups in total. The fourth-order valence-electron chi connectivity index (χ4n) is 1.99. The number of thiophene rings is 1. The Labute approximate surface area is 127 Å². The fourth-order valence-corrected chi connectivity index (χ4v) is 3.36. The number of hydrogen-bond acceptors (Lipinski definition) is 4. The van der Waals surface area contributed by atoms with E-state index in [0.29, 0.717) is 5.69 Å². The smallest absolute Gasteiger partial charge is 0.348 e. The zero-order valence-electron chi connectivity index (χ0n) is 10.2. The van der Waals surface area contributed by atoms with Gasteiger partial charge in [0.15, 0.2) is 0 Å². The van der Waals surface area contributed by atoms with Crippen molar-refractivity contribution in [3.63, 3.8) is 0 Å². The number of anilines is 2. The zero-order valence-corrected chi connectivity index (χ0v) is 12.6. The lowest BCUT2D eigenvalue weighted by molar-refractivity contribution is -0.379. The summed E-state index contributed by atoms with van der Waals surface area (Å²) in [6.07, 6.45) is 0. The lowest BCUT2D eigenvalue weighted by Crippen LogP contribution is -1.93. The minimum atomic E-state index is -0.342. The van der Waals surface area contributed by atoms with Crippen LogP contribution in [0.25, 0.3) is 10.1 Å². The van der Waals surface area contributed by atoms with Crippen LogP contribution >= 0.6 is 27.3 Å². The molecule has 1 aromatic heterocycles. The van der Waals surface area contributed by atoms with Gasteiger partial charge in [0.1, 0.15) is 5.69 Å². The van der Waals surface area contributed by atoms with Gasteiger partial charge in [-0.25, -0.2) is 0 Å². The molecule has 4 nitrogen and oxygen atoms in total. The van der Waals surface area contributed by atoms with Crippen molar-refractivity contribution in [2.24, 2.45) is 0 Å². The van der Waals surface area contributed by atoms with E-state index in [1.165, 1.54) is 11.3 Å². The molecule has 0 bridgehead atoms. The van der Waals surface area contributed by atoms with E-state index in [1.807, 2.05) is 48.5 Å². The van der Waals surface area contributed by atoms with Crippen LogP contribution in [0.15, 0.2) is 53.0 Å². The molecule has 1 heterocycles. The molecule has 0 aliphatic heterocycles. The molecule has 0 aliphatic carbocycles. The largest absolute Gasteiger partial charge is 0.349 e. The molecule has 0 aliphatic rings. The molecular weight excluding hydrogens is 340 g/mol. The van der Waals surface area contributed by atoms with Crippen LogP contribution in [0.2, 0.25) is 0 Å². The van der Waals surface area contributed by atoms with E-state index >= 15 is 0 Å². The second-order valence-corrected chi connectivity index (χ2v) is 6.12.